The smallest absolute Gasteiger partial charge is 0.126 e. The molecule has 17 heavy (non-hydrogen) atoms. The zero-order chi connectivity index (χ0) is 13.1. The predicted octanol–water partition coefficient (Wildman–Crippen LogP) is 2.56. The van der Waals surface area contributed by atoms with Crippen LogP contribution in [0.1, 0.15) is 25.0 Å². The number of benzene rings is 1. The number of nitrogens with zero attached hydrogens (tertiary/aromatic N) is 1. The summed E-state index contributed by atoms with van der Waals surface area (Å²) in [5, 5.41) is 3.19. The summed E-state index contributed by atoms with van der Waals surface area (Å²) in [5.41, 5.74) is 1.94. The summed E-state index contributed by atoms with van der Waals surface area (Å²) in [6.07, 6.45) is 0. The van der Waals surface area contributed by atoms with Gasteiger partial charge in [-0.1, -0.05) is 12.1 Å². The van der Waals surface area contributed by atoms with Gasteiger partial charge in [0.15, 0.2) is 0 Å². The van der Waals surface area contributed by atoms with Crippen LogP contribution in [0.5, 0.6) is 0 Å². The van der Waals surface area contributed by atoms with Crippen LogP contribution in [-0.4, -0.2) is 31.1 Å². The first-order valence-electron chi connectivity index (χ1n) is 5.97. The molecule has 0 aliphatic heterocycles. The van der Waals surface area contributed by atoms with Gasteiger partial charge < -0.3 is 5.32 Å². The van der Waals surface area contributed by atoms with Gasteiger partial charge in [-0.25, -0.2) is 4.39 Å². The Hall–Kier alpha value is -0.930. The molecule has 1 aromatic carbocycles. The van der Waals surface area contributed by atoms with E-state index in [2.05, 4.69) is 31.1 Å². The van der Waals surface area contributed by atoms with E-state index in [9.17, 15) is 4.39 Å². The SMILES string of the molecule is CNCC(C)(C)N(C)Cc1ccc(F)c(C)c1. The molecule has 0 radical (unpaired) electrons. The lowest BCUT2D eigenvalue weighted by atomic mass is 10.0. The van der Waals surface area contributed by atoms with E-state index in [0.29, 0.717) is 5.56 Å². The van der Waals surface area contributed by atoms with Crippen molar-refractivity contribution in [2.24, 2.45) is 0 Å². The predicted molar refractivity (Wildman–Crippen MR) is 70.6 cm³/mol. The van der Waals surface area contributed by atoms with E-state index >= 15 is 0 Å². The van der Waals surface area contributed by atoms with Crippen molar-refractivity contribution < 1.29 is 4.39 Å². The Bertz CT molecular complexity index is 374. The third-order valence-electron chi connectivity index (χ3n) is 3.28. The van der Waals surface area contributed by atoms with Crippen molar-refractivity contribution >= 4 is 0 Å². The first-order chi connectivity index (χ1) is 7.86. The molecule has 0 bridgehead atoms. The van der Waals surface area contributed by atoms with Gasteiger partial charge in [-0.2, -0.15) is 0 Å². The van der Waals surface area contributed by atoms with E-state index in [1.54, 1.807) is 13.0 Å². The average molecular weight is 238 g/mol. The van der Waals surface area contributed by atoms with E-state index in [1.165, 1.54) is 0 Å². The maximum atomic E-state index is 13.2. The van der Waals surface area contributed by atoms with Crippen LogP contribution in [0, 0.1) is 12.7 Å². The van der Waals surface area contributed by atoms with E-state index in [4.69, 9.17) is 0 Å². The second-order valence-electron chi connectivity index (χ2n) is 5.28. The maximum Gasteiger partial charge on any atom is 0.126 e. The Morgan fingerprint density at radius 1 is 1.35 bits per heavy atom. The van der Waals surface area contributed by atoms with Gasteiger partial charge >= 0.3 is 0 Å². The molecule has 0 spiro atoms. The van der Waals surface area contributed by atoms with Crippen molar-refractivity contribution in [3.8, 4) is 0 Å². The number of halogens is 1. The summed E-state index contributed by atoms with van der Waals surface area (Å²) in [5.74, 6) is -0.133. The molecule has 3 heteroatoms. The first kappa shape index (κ1) is 14.1. The van der Waals surface area contributed by atoms with Crippen molar-refractivity contribution in [2.45, 2.75) is 32.9 Å². The Kier molecular flexibility index (Phi) is 4.66. The fraction of sp³-hybridized carbons (Fsp3) is 0.571. The van der Waals surface area contributed by atoms with Gasteiger partial charge in [0.1, 0.15) is 5.82 Å². The lowest BCUT2D eigenvalue weighted by Crippen LogP contribution is -2.47. The molecule has 1 rings (SSSR count). The number of likely N-dealkylation sites (N-methyl/N-ethyl adjacent to an activating group) is 2. The molecule has 0 amide bonds. The van der Waals surface area contributed by atoms with Crippen LogP contribution in [0.4, 0.5) is 4.39 Å². The normalized spacial score (nSPS) is 12.2. The number of hydrogen-bond acceptors (Lipinski definition) is 2. The summed E-state index contributed by atoms with van der Waals surface area (Å²) in [6, 6.07) is 5.32. The highest BCUT2D eigenvalue weighted by Gasteiger charge is 2.22. The molecule has 0 fully saturated rings. The molecule has 0 aromatic heterocycles. The number of nitrogens with one attached hydrogen (secondary N) is 1. The third kappa shape index (κ3) is 3.79. The van der Waals surface area contributed by atoms with Crippen molar-refractivity contribution in [3.63, 3.8) is 0 Å². The molecule has 0 unspecified atom stereocenters. The summed E-state index contributed by atoms with van der Waals surface area (Å²) in [6.45, 7) is 7.94. The second kappa shape index (κ2) is 5.61. The minimum Gasteiger partial charge on any atom is -0.318 e. The fourth-order valence-electron chi connectivity index (χ4n) is 1.86. The minimum absolute atomic E-state index is 0.0804. The van der Waals surface area contributed by atoms with Crippen molar-refractivity contribution in [1.29, 1.82) is 0 Å². The van der Waals surface area contributed by atoms with Gasteiger partial charge in [-0.3, -0.25) is 4.90 Å². The zero-order valence-corrected chi connectivity index (χ0v) is 11.5. The van der Waals surface area contributed by atoms with Crippen LogP contribution in [0.25, 0.3) is 0 Å². The van der Waals surface area contributed by atoms with Gasteiger partial charge in [0.2, 0.25) is 0 Å². The van der Waals surface area contributed by atoms with E-state index < -0.39 is 0 Å². The summed E-state index contributed by atoms with van der Waals surface area (Å²) in [4.78, 5) is 2.27. The topological polar surface area (TPSA) is 15.3 Å². The van der Waals surface area contributed by atoms with Crippen molar-refractivity contribution in [1.82, 2.24) is 10.2 Å². The molecule has 0 aliphatic carbocycles. The average Bonchev–Trinajstić information content (AvgIpc) is 2.23. The quantitative estimate of drug-likeness (QED) is 0.848. The first-order valence-corrected chi connectivity index (χ1v) is 5.97. The molecule has 0 saturated carbocycles. The summed E-state index contributed by atoms with van der Waals surface area (Å²) in [7, 11) is 4.05. The number of rotatable bonds is 5. The van der Waals surface area contributed by atoms with E-state index in [0.717, 1.165) is 18.7 Å². The summed E-state index contributed by atoms with van der Waals surface area (Å²) >= 11 is 0. The second-order valence-corrected chi connectivity index (χ2v) is 5.28. The Morgan fingerprint density at radius 3 is 2.53 bits per heavy atom. The number of hydrogen-bond donors (Lipinski definition) is 1. The van der Waals surface area contributed by atoms with Gasteiger partial charge in [-0.05, 0) is 52.1 Å². The molecule has 1 aromatic rings. The van der Waals surface area contributed by atoms with Crippen molar-refractivity contribution in [3.05, 3.63) is 35.1 Å². The Labute approximate surface area is 104 Å². The molecule has 0 atom stereocenters. The largest absolute Gasteiger partial charge is 0.318 e. The van der Waals surface area contributed by atoms with Crippen LogP contribution in [0.3, 0.4) is 0 Å². The molecule has 96 valence electrons. The lowest BCUT2D eigenvalue weighted by molar-refractivity contribution is 0.147. The van der Waals surface area contributed by atoms with Crippen LogP contribution in [-0.2, 0) is 6.54 Å². The summed E-state index contributed by atoms with van der Waals surface area (Å²) < 4.78 is 13.2. The molecule has 0 aliphatic rings. The van der Waals surface area contributed by atoms with Gasteiger partial charge in [0, 0.05) is 18.6 Å². The number of aryl methyl sites for hydroxylation is 1. The third-order valence-corrected chi connectivity index (χ3v) is 3.28. The lowest BCUT2D eigenvalue weighted by Gasteiger charge is -2.35. The van der Waals surface area contributed by atoms with Crippen molar-refractivity contribution in [2.75, 3.05) is 20.6 Å². The van der Waals surface area contributed by atoms with E-state index in [-0.39, 0.29) is 11.4 Å². The molecule has 1 N–H and O–H groups in total. The molecule has 0 saturated heterocycles. The highest BCUT2D eigenvalue weighted by Crippen LogP contribution is 2.16. The fourth-order valence-corrected chi connectivity index (χ4v) is 1.86. The Balaban J connectivity index is 2.73. The molecule has 2 nitrogen and oxygen atoms in total. The van der Waals surface area contributed by atoms with Gasteiger partial charge in [0.25, 0.3) is 0 Å². The molecule has 0 heterocycles. The monoisotopic (exact) mass is 238 g/mol. The minimum atomic E-state index is -0.133. The molecular formula is C14H23FN2. The van der Waals surface area contributed by atoms with Crippen LogP contribution in [0.2, 0.25) is 0 Å². The van der Waals surface area contributed by atoms with Crippen LogP contribution < -0.4 is 5.32 Å². The standard InChI is InChI=1S/C14H23FN2/c1-11-8-12(6-7-13(11)15)9-17(5)14(2,3)10-16-4/h6-8,16H,9-10H2,1-5H3. The van der Waals surface area contributed by atoms with Crippen LogP contribution in [0.15, 0.2) is 18.2 Å². The van der Waals surface area contributed by atoms with E-state index in [1.807, 2.05) is 19.2 Å². The maximum absolute atomic E-state index is 13.2. The highest BCUT2D eigenvalue weighted by molar-refractivity contribution is 5.24. The van der Waals surface area contributed by atoms with Gasteiger partial charge in [0.05, 0.1) is 0 Å². The highest BCUT2D eigenvalue weighted by atomic mass is 19.1. The molecular weight excluding hydrogens is 215 g/mol. The van der Waals surface area contributed by atoms with Gasteiger partial charge in [-0.15, -0.1) is 0 Å². The zero-order valence-electron chi connectivity index (χ0n) is 11.5. The Morgan fingerprint density at radius 2 is 2.00 bits per heavy atom. The van der Waals surface area contributed by atoms with Crippen LogP contribution >= 0.6 is 0 Å².